The number of aryl methyl sites for hydroxylation is 1. The van der Waals surface area contributed by atoms with Crippen molar-refractivity contribution in [2.24, 2.45) is 0 Å². The van der Waals surface area contributed by atoms with Crippen molar-refractivity contribution in [2.75, 3.05) is 26.4 Å². The van der Waals surface area contributed by atoms with Gasteiger partial charge in [0, 0.05) is 23.2 Å². The van der Waals surface area contributed by atoms with Crippen molar-refractivity contribution < 1.29 is 32.2 Å². The summed E-state index contributed by atoms with van der Waals surface area (Å²) in [6, 6.07) is 8.88. The molecule has 5 rings (SSSR count). The molecule has 1 aliphatic rings. The van der Waals surface area contributed by atoms with Gasteiger partial charge in [-0.15, -0.1) is 0 Å². The molecule has 0 N–H and O–H groups in total. The van der Waals surface area contributed by atoms with Crippen LogP contribution in [0.2, 0.25) is 5.02 Å². The van der Waals surface area contributed by atoms with E-state index in [1.54, 1.807) is 25.1 Å². The molecule has 0 bridgehead atoms. The molecule has 12 heteroatoms. The van der Waals surface area contributed by atoms with E-state index in [1.165, 1.54) is 34.8 Å². The first-order valence-electron chi connectivity index (χ1n) is 12.6. The summed E-state index contributed by atoms with van der Waals surface area (Å²) in [4.78, 5) is 19.0. The molecule has 1 unspecified atom stereocenters. The van der Waals surface area contributed by atoms with Gasteiger partial charge in [-0.3, -0.25) is 4.79 Å². The molecule has 1 fully saturated rings. The molecule has 0 spiro atoms. The first-order valence-corrected chi connectivity index (χ1v) is 12.9. The number of carbonyl (C=O) groups is 1. The van der Waals surface area contributed by atoms with Crippen molar-refractivity contribution in [3.8, 4) is 11.4 Å². The van der Waals surface area contributed by atoms with E-state index >= 15 is 0 Å². The average molecular weight is 575 g/mol. The molecule has 3 heterocycles. The molecule has 0 aliphatic carbocycles. The molecule has 0 radical (unpaired) electrons. The van der Waals surface area contributed by atoms with Gasteiger partial charge in [0.05, 0.1) is 42.4 Å². The van der Waals surface area contributed by atoms with E-state index in [1.807, 2.05) is 6.07 Å². The van der Waals surface area contributed by atoms with Crippen molar-refractivity contribution >= 4 is 28.4 Å². The van der Waals surface area contributed by atoms with Crippen LogP contribution < -0.4 is 4.74 Å². The third-order valence-corrected chi connectivity index (χ3v) is 6.85. The molecule has 210 valence electrons. The Bertz CT molecular complexity index is 1550. The largest absolute Gasteiger partial charge is 0.487 e. The molecule has 8 nitrogen and oxygen atoms in total. The second-order valence-corrected chi connectivity index (χ2v) is 9.72. The number of pyridine rings is 1. The van der Waals surface area contributed by atoms with Gasteiger partial charge in [0.1, 0.15) is 30.3 Å². The summed E-state index contributed by atoms with van der Waals surface area (Å²) in [6.07, 6.45) is 0.778. The summed E-state index contributed by atoms with van der Waals surface area (Å²) in [5.74, 6) is -1.10. The van der Waals surface area contributed by atoms with Crippen LogP contribution in [0.4, 0.5) is 13.2 Å². The van der Waals surface area contributed by atoms with E-state index in [-0.39, 0.29) is 31.4 Å². The Kier molecular flexibility index (Phi) is 8.24. The highest BCUT2D eigenvalue weighted by Crippen LogP contribution is 2.35. The second-order valence-electron chi connectivity index (χ2n) is 9.31. The number of rotatable bonds is 8. The summed E-state index contributed by atoms with van der Waals surface area (Å²) in [5, 5.41) is 4.86. The molecule has 1 amide bonds. The maximum atomic E-state index is 14.6. The van der Waals surface area contributed by atoms with Crippen LogP contribution in [0.25, 0.3) is 16.6 Å². The van der Waals surface area contributed by atoms with Crippen LogP contribution in [-0.2, 0) is 20.9 Å². The normalized spacial score (nSPS) is 16.4. The Morgan fingerprint density at radius 1 is 1.25 bits per heavy atom. The van der Waals surface area contributed by atoms with Crippen LogP contribution in [0.3, 0.4) is 0 Å². The number of aromatic nitrogens is 3. The number of amides is 1. The van der Waals surface area contributed by atoms with E-state index in [9.17, 15) is 18.0 Å². The van der Waals surface area contributed by atoms with E-state index < -0.39 is 36.5 Å². The van der Waals surface area contributed by atoms with Crippen LogP contribution >= 0.6 is 11.6 Å². The molecule has 40 heavy (non-hydrogen) atoms. The van der Waals surface area contributed by atoms with Crippen molar-refractivity contribution in [1.82, 2.24) is 19.7 Å². The van der Waals surface area contributed by atoms with Crippen molar-refractivity contribution in [1.29, 1.82) is 0 Å². The molecule has 0 saturated carbocycles. The number of halogens is 4. The smallest absolute Gasteiger partial charge is 0.249 e. The zero-order valence-corrected chi connectivity index (χ0v) is 22.5. The van der Waals surface area contributed by atoms with Crippen LogP contribution in [0.5, 0.6) is 5.75 Å². The van der Waals surface area contributed by atoms with Crippen molar-refractivity contribution in [3.05, 3.63) is 82.3 Å². The number of morpholine rings is 1. The van der Waals surface area contributed by atoms with Gasteiger partial charge >= 0.3 is 0 Å². The number of fused-ring (bicyclic) bond motifs is 1. The minimum absolute atomic E-state index is 0.0779. The minimum Gasteiger partial charge on any atom is -0.487 e. The molecule has 1 aliphatic heterocycles. The number of nitrogens with zero attached hydrogens (tertiary/aromatic N) is 4. The quantitative estimate of drug-likeness (QED) is 0.278. The van der Waals surface area contributed by atoms with E-state index in [0.717, 1.165) is 6.20 Å². The summed E-state index contributed by atoms with van der Waals surface area (Å²) in [5.41, 5.74) is 2.66. The first-order chi connectivity index (χ1) is 19.2. The van der Waals surface area contributed by atoms with Gasteiger partial charge in [0.2, 0.25) is 5.91 Å². The predicted molar refractivity (Wildman–Crippen MR) is 141 cm³/mol. The average Bonchev–Trinajstić information content (AvgIpc) is 3.36. The molecule has 2 aromatic carbocycles. The lowest BCUT2D eigenvalue weighted by Crippen LogP contribution is -2.45. The van der Waals surface area contributed by atoms with Crippen LogP contribution in [0.1, 0.15) is 29.8 Å². The maximum absolute atomic E-state index is 14.6. The highest BCUT2D eigenvalue weighted by Gasteiger charge is 2.32. The third-order valence-electron chi connectivity index (χ3n) is 6.52. The Morgan fingerprint density at radius 2 is 2.08 bits per heavy atom. The summed E-state index contributed by atoms with van der Waals surface area (Å²) in [6.45, 7) is 3.01. The minimum atomic E-state index is -1.61. The number of carbonyl (C=O) groups excluding carboxylic acids is 1. The molecule has 4 aromatic rings. The van der Waals surface area contributed by atoms with Gasteiger partial charge in [0.25, 0.3) is 0 Å². The topological polar surface area (TPSA) is 78.7 Å². The van der Waals surface area contributed by atoms with Crippen LogP contribution in [0.15, 0.2) is 48.8 Å². The lowest BCUT2D eigenvalue weighted by atomic mass is 9.98. The zero-order chi connectivity index (χ0) is 28.4. The van der Waals surface area contributed by atoms with E-state index in [2.05, 4.69) is 10.1 Å². The van der Waals surface area contributed by atoms with Crippen molar-refractivity contribution in [2.45, 2.75) is 32.9 Å². The number of ether oxygens (including phenoxy) is 3. The molecule has 2 atom stereocenters. The number of benzene rings is 2. The van der Waals surface area contributed by atoms with Gasteiger partial charge in [-0.2, -0.15) is 5.10 Å². The summed E-state index contributed by atoms with van der Waals surface area (Å²) >= 11 is 6.50. The fourth-order valence-electron chi connectivity index (χ4n) is 4.72. The Balaban J connectivity index is 1.48. The predicted octanol–water partition coefficient (Wildman–Crippen LogP) is 5.47. The highest BCUT2D eigenvalue weighted by atomic mass is 35.5. The van der Waals surface area contributed by atoms with Crippen LogP contribution in [0, 0.1) is 18.6 Å². The maximum Gasteiger partial charge on any atom is 0.249 e. The molecule has 2 aromatic heterocycles. The standard InChI is InChI=1S/C28H26ClF3N4O4/c1-16-8-24(36-12-19(32)11-33-36)20-4-3-5-26(28(20)34-16)40-13-22-21(9-18(31)10-23(22)29)25-14-38-7-6-35(25)27(37)15-39-17(2)30/h3-5,8-12,17,25H,6-7,13-15H2,1-2H3/t17?,25-/m0/s1. The summed E-state index contributed by atoms with van der Waals surface area (Å²) < 4.78 is 59.6. The Labute approximate surface area is 233 Å². The van der Waals surface area contributed by atoms with Gasteiger partial charge in [-0.05, 0) is 43.7 Å². The van der Waals surface area contributed by atoms with Gasteiger partial charge in [-0.1, -0.05) is 23.7 Å². The van der Waals surface area contributed by atoms with Gasteiger partial charge in [0.15, 0.2) is 12.2 Å². The Hall–Kier alpha value is -3.67. The van der Waals surface area contributed by atoms with E-state index in [0.29, 0.717) is 39.2 Å². The van der Waals surface area contributed by atoms with Gasteiger partial charge in [-0.25, -0.2) is 22.8 Å². The lowest BCUT2D eigenvalue weighted by molar-refractivity contribution is -0.150. The molecule has 1 saturated heterocycles. The Morgan fingerprint density at radius 3 is 2.83 bits per heavy atom. The zero-order valence-electron chi connectivity index (χ0n) is 21.7. The third kappa shape index (κ3) is 5.91. The lowest BCUT2D eigenvalue weighted by Gasteiger charge is -2.37. The number of hydrogen-bond acceptors (Lipinski definition) is 6. The number of alkyl halides is 1. The van der Waals surface area contributed by atoms with Crippen molar-refractivity contribution in [3.63, 3.8) is 0 Å². The SMILES string of the molecule is Cc1cc(-n2cc(F)cn2)c2cccc(OCc3c(Cl)cc(F)cc3[C@@H]3COCCN3C(=O)COC(C)F)c2n1. The first kappa shape index (κ1) is 27.9. The fraction of sp³-hybridized carbons (Fsp3) is 0.321. The highest BCUT2D eigenvalue weighted by molar-refractivity contribution is 6.31. The van der Waals surface area contributed by atoms with Gasteiger partial charge < -0.3 is 19.1 Å². The molecular formula is C28H26ClF3N4O4. The second kappa shape index (κ2) is 11.8. The summed E-state index contributed by atoms with van der Waals surface area (Å²) in [7, 11) is 0. The number of hydrogen-bond donors (Lipinski definition) is 0. The van der Waals surface area contributed by atoms with E-state index in [4.69, 9.17) is 25.8 Å². The fourth-order valence-corrected chi connectivity index (χ4v) is 4.99. The van der Waals surface area contributed by atoms with Crippen LogP contribution in [-0.4, -0.2) is 58.3 Å². The monoisotopic (exact) mass is 574 g/mol. The number of para-hydroxylation sites is 1. The molecular weight excluding hydrogens is 549 g/mol.